The number of benzene rings is 1. The Morgan fingerprint density at radius 3 is 2.59 bits per heavy atom. The number of carbonyl (C=O) groups excluding carboxylic acids is 1. The largest absolute Gasteiger partial charge is 0.369 e. The number of aromatic nitrogens is 5. The van der Waals surface area contributed by atoms with E-state index in [1.54, 1.807) is 6.07 Å². The SMILES string of the molecule is Cc1csc(N(C(=O)Cn2nnn(-c3cccs3)c2=O)c2ccccc2)n1. The third kappa shape index (κ3) is 3.44. The predicted octanol–water partition coefficient (Wildman–Crippen LogP) is 2.62. The van der Waals surface area contributed by atoms with Crippen LogP contribution < -0.4 is 10.6 Å². The molecule has 0 radical (unpaired) electrons. The van der Waals surface area contributed by atoms with E-state index in [-0.39, 0.29) is 12.5 Å². The molecule has 0 saturated carbocycles. The van der Waals surface area contributed by atoms with Gasteiger partial charge in [-0.2, -0.15) is 9.36 Å². The summed E-state index contributed by atoms with van der Waals surface area (Å²) in [6.07, 6.45) is 0. The summed E-state index contributed by atoms with van der Waals surface area (Å²) >= 11 is 2.73. The van der Waals surface area contributed by atoms with Crippen molar-refractivity contribution in [2.75, 3.05) is 4.90 Å². The van der Waals surface area contributed by atoms with Crippen LogP contribution in [0.3, 0.4) is 0 Å². The van der Waals surface area contributed by atoms with Crippen LogP contribution in [0.2, 0.25) is 0 Å². The van der Waals surface area contributed by atoms with Crippen molar-refractivity contribution in [1.82, 2.24) is 24.8 Å². The van der Waals surface area contributed by atoms with Gasteiger partial charge in [0.05, 0.1) is 11.4 Å². The van der Waals surface area contributed by atoms with Gasteiger partial charge in [-0.1, -0.05) is 18.2 Å². The standard InChI is InChI=1S/C17H14N6O2S2/c1-12-11-27-16(18-12)22(13-6-3-2-4-7-13)14(24)10-21-17(25)23(20-19-21)15-8-5-9-26-15/h2-9,11H,10H2,1H3. The zero-order valence-corrected chi connectivity index (χ0v) is 15.9. The fraction of sp³-hybridized carbons (Fsp3) is 0.118. The van der Waals surface area contributed by atoms with Crippen LogP contribution in [0.4, 0.5) is 10.8 Å². The van der Waals surface area contributed by atoms with Gasteiger partial charge in [-0.25, -0.2) is 9.78 Å². The maximum absolute atomic E-state index is 13.0. The summed E-state index contributed by atoms with van der Waals surface area (Å²) in [5, 5.41) is 12.6. The Morgan fingerprint density at radius 1 is 1.11 bits per heavy atom. The van der Waals surface area contributed by atoms with Gasteiger partial charge in [0.2, 0.25) is 0 Å². The lowest BCUT2D eigenvalue weighted by molar-refractivity contribution is -0.118. The van der Waals surface area contributed by atoms with E-state index in [2.05, 4.69) is 15.4 Å². The van der Waals surface area contributed by atoms with Gasteiger partial charge in [0, 0.05) is 5.38 Å². The average Bonchev–Trinajstić information content (AvgIpc) is 3.40. The topological polar surface area (TPSA) is 85.9 Å². The van der Waals surface area contributed by atoms with Gasteiger partial charge < -0.3 is 0 Å². The number of carbonyl (C=O) groups is 1. The highest BCUT2D eigenvalue weighted by Gasteiger charge is 2.23. The minimum absolute atomic E-state index is 0.238. The van der Waals surface area contributed by atoms with Crippen LogP contribution in [-0.4, -0.2) is 30.7 Å². The second-order valence-electron chi connectivity index (χ2n) is 5.62. The van der Waals surface area contributed by atoms with Crippen molar-refractivity contribution in [3.8, 4) is 5.00 Å². The van der Waals surface area contributed by atoms with Crippen LogP contribution >= 0.6 is 22.7 Å². The van der Waals surface area contributed by atoms with Gasteiger partial charge in [0.1, 0.15) is 11.5 Å². The maximum atomic E-state index is 13.0. The van der Waals surface area contributed by atoms with E-state index in [0.717, 1.165) is 10.4 Å². The van der Waals surface area contributed by atoms with Crippen molar-refractivity contribution in [2.24, 2.45) is 0 Å². The van der Waals surface area contributed by atoms with Gasteiger partial charge in [0.15, 0.2) is 5.13 Å². The minimum atomic E-state index is -0.464. The summed E-state index contributed by atoms with van der Waals surface area (Å²) in [6, 6.07) is 12.8. The number of hydrogen-bond donors (Lipinski definition) is 0. The molecule has 1 aromatic carbocycles. The monoisotopic (exact) mass is 398 g/mol. The molecular weight excluding hydrogens is 384 g/mol. The first kappa shape index (κ1) is 17.3. The molecule has 4 rings (SSSR count). The molecule has 0 N–H and O–H groups in total. The van der Waals surface area contributed by atoms with E-state index < -0.39 is 5.69 Å². The predicted molar refractivity (Wildman–Crippen MR) is 104 cm³/mol. The maximum Gasteiger partial charge on any atom is 0.369 e. The highest BCUT2D eigenvalue weighted by Crippen LogP contribution is 2.28. The summed E-state index contributed by atoms with van der Waals surface area (Å²) in [6.45, 7) is 1.63. The smallest absolute Gasteiger partial charge is 0.272 e. The van der Waals surface area contributed by atoms with Gasteiger partial charge in [0.25, 0.3) is 5.91 Å². The molecule has 136 valence electrons. The number of aryl methyl sites for hydroxylation is 1. The summed E-state index contributed by atoms with van der Waals surface area (Å²) in [7, 11) is 0. The van der Waals surface area contributed by atoms with Crippen molar-refractivity contribution in [1.29, 1.82) is 0 Å². The Balaban J connectivity index is 1.66. The highest BCUT2D eigenvalue weighted by atomic mass is 32.1. The van der Waals surface area contributed by atoms with E-state index in [0.29, 0.717) is 15.8 Å². The van der Waals surface area contributed by atoms with Crippen molar-refractivity contribution < 1.29 is 4.79 Å². The van der Waals surface area contributed by atoms with Crippen molar-refractivity contribution in [3.63, 3.8) is 0 Å². The summed E-state index contributed by atoms with van der Waals surface area (Å²) in [5.41, 5.74) is 1.04. The van der Waals surface area contributed by atoms with Crippen molar-refractivity contribution in [3.05, 3.63) is 69.4 Å². The molecule has 27 heavy (non-hydrogen) atoms. The molecule has 0 atom stereocenters. The van der Waals surface area contributed by atoms with Crippen LogP contribution in [0.5, 0.6) is 0 Å². The van der Waals surface area contributed by atoms with Gasteiger partial charge >= 0.3 is 5.69 Å². The second-order valence-corrected chi connectivity index (χ2v) is 7.38. The first-order chi connectivity index (χ1) is 13.1. The molecule has 0 aliphatic rings. The molecule has 0 unspecified atom stereocenters. The van der Waals surface area contributed by atoms with Crippen LogP contribution in [0.15, 0.2) is 58.0 Å². The van der Waals surface area contributed by atoms with Crippen molar-refractivity contribution in [2.45, 2.75) is 13.5 Å². The lowest BCUT2D eigenvalue weighted by Crippen LogP contribution is -2.34. The molecule has 0 spiro atoms. The minimum Gasteiger partial charge on any atom is -0.272 e. The Hall–Kier alpha value is -3.11. The van der Waals surface area contributed by atoms with Crippen LogP contribution in [-0.2, 0) is 11.3 Å². The van der Waals surface area contributed by atoms with Gasteiger partial charge in [-0.05, 0) is 47.0 Å². The molecular formula is C17H14N6O2S2. The number of nitrogens with zero attached hydrogens (tertiary/aromatic N) is 6. The Bertz CT molecular complexity index is 1110. The molecule has 0 fully saturated rings. The van der Waals surface area contributed by atoms with Crippen LogP contribution in [0.25, 0.3) is 5.00 Å². The van der Waals surface area contributed by atoms with E-state index >= 15 is 0 Å². The molecule has 0 saturated heterocycles. The Labute approximate surface area is 161 Å². The van der Waals surface area contributed by atoms with E-state index in [1.807, 2.05) is 54.1 Å². The number of para-hydroxylation sites is 1. The molecule has 1 amide bonds. The number of thiazole rings is 1. The third-order valence-electron chi connectivity index (χ3n) is 3.70. The Morgan fingerprint density at radius 2 is 1.93 bits per heavy atom. The number of amides is 1. The van der Waals surface area contributed by atoms with E-state index in [9.17, 15) is 9.59 Å². The van der Waals surface area contributed by atoms with E-state index in [1.165, 1.54) is 32.3 Å². The fourth-order valence-electron chi connectivity index (χ4n) is 2.48. The molecule has 4 aromatic rings. The number of hydrogen-bond acceptors (Lipinski definition) is 7. The third-order valence-corrected chi connectivity index (χ3v) is 5.49. The van der Waals surface area contributed by atoms with E-state index in [4.69, 9.17) is 0 Å². The quantitative estimate of drug-likeness (QED) is 0.516. The number of thiophene rings is 1. The van der Waals surface area contributed by atoms with Crippen LogP contribution in [0, 0.1) is 6.92 Å². The molecule has 3 aromatic heterocycles. The first-order valence-corrected chi connectivity index (χ1v) is 9.76. The van der Waals surface area contributed by atoms with Gasteiger partial charge in [-0.3, -0.25) is 9.69 Å². The zero-order chi connectivity index (χ0) is 18.8. The highest BCUT2D eigenvalue weighted by molar-refractivity contribution is 7.14. The Kier molecular flexibility index (Phi) is 4.65. The number of rotatable bonds is 5. The normalized spacial score (nSPS) is 10.9. The van der Waals surface area contributed by atoms with Crippen molar-refractivity contribution >= 4 is 39.4 Å². The summed E-state index contributed by atoms with van der Waals surface area (Å²) in [5.74, 6) is -0.323. The summed E-state index contributed by atoms with van der Waals surface area (Å²) < 4.78 is 2.23. The molecule has 8 nitrogen and oxygen atoms in total. The lowest BCUT2D eigenvalue weighted by Gasteiger charge is -2.19. The second kappa shape index (κ2) is 7.25. The molecule has 0 aliphatic heterocycles. The molecule has 10 heteroatoms. The zero-order valence-electron chi connectivity index (χ0n) is 14.2. The molecule has 0 aliphatic carbocycles. The number of anilines is 2. The first-order valence-electron chi connectivity index (χ1n) is 8.00. The lowest BCUT2D eigenvalue weighted by atomic mass is 10.3. The van der Waals surface area contributed by atoms with Crippen LogP contribution in [0.1, 0.15) is 5.69 Å². The molecule has 0 bridgehead atoms. The fourth-order valence-corrected chi connectivity index (χ4v) is 3.99. The molecule has 3 heterocycles. The summed E-state index contributed by atoms with van der Waals surface area (Å²) in [4.78, 5) is 31.5. The van der Waals surface area contributed by atoms with Gasteiger partial charge in [-0.15, -0.1) is 22.7 Å². The number of tetrazole rings is 1. The average molecular weight is 398 g/mol.